The Kier molecular flexibility index (Phi) is 3.14. The molecule has 1 aromatic carbocycles. The zero-order chi connectivity index (χ0) is 10.7. The summed E-state index contributed by atoms with van der Waals surface area (Å²) in [6, 6.07) is 3.01. The number of nitrogens with two attached hydrogens (primary N) is 1. The number of hydrogen-bond donors (Lipinski definition) is 1. The summed E-state index contributed by atoms with van der Waals surface area (Å²) in [7, 11) is 0. The number of halogens is 1. The van der Waals surface area contributed by atoms with Crippen molar-refractivity contribution in [3.63, 3.8) is 0 Å². The van der Waals surface area contributed by atoms with Crippen molar-refractivity contribution in [3.05, 3.63) is 39.7 Å². The summed E-state index contributed by atoms with van der Waals surface area (Å²) in [6.45, 7) is 1.82. The van der Waals surface area contributed by atoms with E-state index in [4.69, 9.17) is 5.73 Å². The van der Waals surface area contributed by atoms with Gasteiger partial charge in [0, 0.05) is 11.6 Å². The maximum absolute atomic E-state index is 12.7. The van der Waals surface area contributed by atoms with Crippen LogP contribution in [0.4, 0.5) is 10.1 Å². The van der Waals surface area contributed by atoms with E-state index in [1.165, 1.54) is 12.1 Å². The molecule has 2 N–H and O–H groups in total. The normalized spacial score (nSPS) is 12.5. The van der Waals surface area contributed by atoms with Gasteiger partial charge in [0.05, 0.1) is 11.0 Å². The summed E-state index contributed by atoms with van der Waals surface area (Å²) in [5, 5.41) is 10.6. The second-order valence-electron chi connectivity index (χ2n) is 2.97. The number of nitro benzene ring substituents is 1. The largest absolute Gasteiger partial charge is 0.324 e. The van der Waals surface area contributed by atoms with E-state index in [1.54, 1.807) is 0 Å². The predicted molar refractivity (Wildman–Crippen MR) is 50.3 cm³/mol. The van der Waals surface area contributed by atoms with E-state index in [9.17, 15) is 14.5 Å². The van der Waals surface area contributed by atoms with Crippen molar-refractivity contribution in [1.29, 1.82) is 0 Å². The summed E-state index contributed by atoms with van der Waals surface area (Å²) in [6.07, 6.45) is 0.576. The van der Waals surface area contributed by atoms with E-state index < -0.39 is 16.8 Å². The molecule has 0 bridgehead atoms. The zero-order valence-electron chi connectivity index (χ0n) is 7.74. The third kappa shape index (κ3) is 2.05. The minimum absolute atomic E-state index is 0.251. The Balaban J connectivity index is 3.21. The predicted octanol–water partition coefficient (Wildman–Crippen LogP) is 2.14. The molecule has 4 nitrogen and oxygen atoms in total. The van der Waals surface area contributed by atoms with E-state index in [-0.39, 0.29) is 5.69 Å². The van der Waals surface area contributed by atoms with Crippen molar-refractivity contribution in [2.45, 2.75) is 19.4 Å². The molecule has 0 aromatic heterocycles. The lowest BCUT2D eigenvalue weighted by Crippen LogP contribution is -2.11. The summed E-state index contributed by atoms with van der Waals surface area (Å²) in [5.41, 5.74) is 5.78. The Morgan fingerprint density at radius 2 is 2.29 bits per heavy atom. The van der Waals surface area contributed by atoms with E-state index in [1.807, 2.05) is 6.92 Å². The molecule has 76 valence electrons. The van der Waals surface area contributed by atoms with Crippen molar-refractivity contribution in [2.24, 2.45) is 5.73 Å². The number of rotatable bonds is 3. The van der Waals surface area contributed by atoms with Gasteiger partial charge < -0.3 is 5.73 Å². The molecule has 0 heterocycles. The zero-order valence-corrected chi connectivity index (χ0v) is 7.74. The summed E-state index contributed by atoms with van der Waals surface area (Å²) < 4.78 is 12.7. The number of hydrogen-bond acceptors (Lipinski definition) is 3. The van der Waals surface area contributed by atoms with Gasteiger partial charge >= 0.3 is 0 Å². The first-order valence-corrected chi connectivity index (χ1v) is 4.25. The SMILES string of the molecule is CC[C@@H](N)c1ccc(F)cc1[N+](=O)[O-]. The maximum atomic E-state index is 12.7. The molecule has 1 rings (SSSR count). The fourth-order valence-corrected chi connectivity index (χ4v) is 1.21. The lowest BCUT2D eigenvalue weighted by atomic mass is 10.0. The maximum Gasteiger partial charge on any atom is 0.277 e. The second-order valence-corrected chi connectivity index (χ2v) is 2.97. The van der Waals surface area contributed by atoms with Crippen molar-refractivity contribution in [3.8, 4) is 0 Å². The summed E-state index contributed by atoms with van der Waals surface area (Å²) in [5.74, 6) is -0.622. The van der Waals surface area contributed by atoms with Gasteiger partial charge in [-0.3, -0.25) is 10.1 Å². The average molecular weight is 198 g/mol. The Morgan fingerprint density at radius 1 is 1.64 bits per heavy atom. The van der Waals surface area contributed by atoms with Crippen LogP contribution in [0.3, 0.4) is 0 Å². The third-order valence-electron chi connectivity index (χ3n) is 2.03. The molecule has 0 amide bonds. The lowest BCUT2D eigenvalue weighted by Gasteiger charge is -2.08. The van der Waals surface area contributed by atoms with Crippen LogP contribution < -0.4 is 5.73 Å². The highest BCUT2D eigenvalue weighted by Crippen LogP contribution is 2.26. The molecule has 1 atom stereocenters. The molecule has 0 aliphatic carbocycles. The minimum atomic E-state index is -0.622. The molecule has 14 heavy (non-hydrogen) atoms. The Hall–Kier alpha value is -1.49. The molecule has 0 fully saturated rings. The van der Waals surface area contributed by atoms with Crippen LogP contribution in [-0.4, -0.2) is 4.92 Å². The van der Waals surface area contributed by atoms with Gasteiger partial charge in [0.25, 0.3) is 5.69 Å². The Bertz CT molecular complexity index is 355. The Morgan fingerprint density at radius 3 is 2.79 bits per heavy atom. The van der Waals surface area contributed by atoms with Crippen molar-refractivity contribution in [2.75, 3.05) is 0 Å². The van der Waals surface area contributed by atoms with Crippen LogP contribution in [0.2, 0.25) is 0 Å². The molecule has 5 heteroatoms. The average Bonchev–Trinajstić information content (AvgIpc) is 2.16. The van der Waals surface area contributed by atoms with Gasteiger partial charge in [0.2, 0.25) is 0 Å². The van der Waals surface area contributed by atoms with Crippen molar-refractivity contribution >= 4 is 5.69 Å². The molecule has 0 radical (unpaired) electrons. The van der Waals surface area contributed by atoms with Gasteiger partial charge in [0.1, 0.15) is 5.82 Å². The molecular formula is C9H11FN2O2. The van der Waals surface area contributed by atoms with Crippen LogP contribution in [0, 0.1) is 15.9 Å². The number of nitro groups is 1. The van der Waals surface area contributed by atoms with E-state index >= 15 is 0 Å². The highest BCUT2D eigenvalue weighted by molar-refractivity contribution is 5.42. The summed E-state index contributed by atoms with van der Waals surface area (Å²) in [4.78, 5) is 9.96. The molecule has 0 saturated heterocycles. The van der Waals surface area contributed by atoms with Gasteiger partial charge in [-0.2, -0.15) is 0 Å². The molecule has 0 aliphatic heterocycles. The molecule has 1 aromatic rings. The smallest absolute Gasteiger partial charge is 0.277 e. The molecule has 0 saturated carbocycles. The third-order valence-corrected chi connectivity index (χ3v) is 2.03. The van der Waals surface area contributed by atoms with E-state index in [2.05, 4.69) is 0 Å². The second kappa shape index (κ2) is 4.15. The molecule has 0 aliphatic rings. The van der Waals surface area contributed by atoms with Crippen LogP contribution in [0.15, 0.2) is 18.2 Å². The van der Waals surface area contributed by atoms with Crippen LogP contribution in [0.25, 0.3) is 0 Å². The van der Waals surface area contributed by atoms with Gasteiger partial charge in [-0.1, -0.05) is 6.92 Å². The van der Waals surface area contributed by atoms with Gasteiger partial charge in [-0.15, -0.1) is 0 Å². The first-order valence-electron chi connectivity index (χ1n) is 4.25. The van der Waals surface area contributed by atoms with Crippen LogP contribution in [0.5, 0.6) is 0 Å². The topological polar surface area (TPSA) is 69.2 Å². The first kappa shape index (κ1) is 10.6. The van der Waals surface area contributed by atoms with Crippen molar-refractivity contribution in [1.82, 2.24) is 0 Å². The minimum Gasteiger partial charge on any atom is -0.324 e. The summed E-state index contributed by atoms with van der Waals surface area (Å²) >= 11 is 0. The van der Waals surface area contributed by atoms with Gasteiger partial charge in [-0.05, 0) is 18.6 Å². The fourth-order valence-electron chi connectivity index (χ4n) is 1.21. The lowest BCUT2D eigenvalue weighted by molar-refractivity contribution is -0.385. The van der Waals surface area contributed by atoms with E-state index in [0.717, 1.165) is 6.07 Å². The first-order chi connectivity index (χ1) is 6.56. The molecule has 0 unspecified atom stereocenters. The molecular weight excluding hydrogens is 187 g/mol. The Labute approximate surface area is 80.7 Å². The number of benzene rings is 1. The highest BCUT2D eigenvalue weighted by atomic mass is 19.1. The van der Waals surface area contributed by atoms with Crippen LogP contribution in [-0.2, 0) is 0 Å². The fraction of sp³-hybridized carbons (Fsp3) is 0.333. The van der Waals surface area contributed by atoms with E-state index in [0.29, 0.717) is 12.0 Å². The monoisotopic (exact) mass is 198 g/mol. The highest BCUT2D eigenvalue weighted by Gasteiger charge is 2.18. The number of nitrogens with zero attached hydrogens (tertiary/aromatic N) is 1. The molecule has 0 spiro atoms. The van der Waals surface area contributed by atoms with Gasteiger partial charge in [0.15, 0.2) is 0 Å². The van der Waals surface area contributed by atoms with Crippen molar-refractivity contribution < 1.29 is 9.31 Å². The van der Waals surface area contributed by atoms with Crippen LogP contribution >= 0.6 is 0 Å². The standard InChI is InChI=1S/C9H11FN2O2/c1-2-8(11)7-4-3-6(10)5-9(7)12(13)14/h3-5,8H,2,11H2,1H3/t8-/m1/s1. The van der Waals surface area contributed by atoms with Gasteiger partial charge in [-0.25, -0.2) is 4.39 Å². The van der Waals surface area contributed by atoms with Crippen LogP contribution in [0.1, 0.15) is 24.9 Å². The quantitative estimate of drug-likeness (QED) is 0.597.